The van der Waals surface area contributed by atoms with Crippen molar-refractivity contribution < 1.29 is 0 Å². The molecular weight excluding hydrogens is 1280 g/mol. The van der Waals surface area contributed by atoms with Gasteiger partial charge < -0.3 is 9.13 Å². The fourth-order valence-electron chi connectivity index (χ4n) is 16.7. The van der Waals surface area contributed by atoms with Gasteiger partial charge in [-0.05, 0) is 198 Å². The molecular formula is C97H84N8. The summed E-state index contributed by atoms with van der Waals surface area (Å²) in [6.45, 7) is 30.4. The zero-order valence-electron chi connectivity index (χ0n) is 62.1. The molecule has 0 radical (unpaired) electrons. The molecule has 0 aliphatic rings. The highest BCUT2D eigenvalue weighted by molar-refractivity contribution is 6.13. The lowest BCUT2D eigenvalue weighted by Crippen LogP contribution is -2.14. The summed E-state index contributed by atoms with van der Waals surface area (Å²) in [5.74, 6) is 1.62. The highest BCUT2D eigenvalue weighted by Crippen LogP contribution is 2.49. The van der Waals surface area contributed by atoms with Gasteiger partial charge in [-0.25, -0.2) is 9.97 Å². The summed E-state index contributed by atoms with van der Waals surface area (Å²) < 4.78 is 15.1. The quantitative estimate of drug-likeness (QED) is 0.152. The number of imidazole rings is 4. The van der Waals surface area contributed by atoms with E-state index < -0.39 is 0 Å². The summed E-state index contributed by atoms with van der Waals surface area (Å²) in [6, 6.07) is 102. The summed E-state index contributed by atoms with van der Waals surface area (Å²) in [7, 11) is 0. The normalized spacial score (nSPS) is 12.8. The Balaban J connectivity index is 1.05. The first-order valence-electron chi connectivity index (χ1n) is 37.0. The van der Waals surface area contributed by atoms with Crippen molar-refractivity contribution in [1.82, 2.24) is 37.0 Å². The van der Waals surface area contributed by atoms with E-state index in [1.165, 1.54) is 43.8 Å². The molecule has 19 rings (SSSR count). The van der Waals surface area contributed by atoms with Crippen LogP contribution in [-0.4, -0.2) is 37.0 Å². The van der Waals surface area contributed by atoms with Crippen LogP contribution < -0.4 is 0 Å². The minimum absolute atomic E-state index is 0.126. The maximum Gasteiger partial charge on any atom is 0.220 e. The van der Waals surface area contributed by atoms with Crippen LogP contribution in [0.1, 0.15) is 111 Å². The third kappa shape index (κ3) is 10.1. The van der Waals surface area contributed by atoms with Gasteiger partial charge in [0.25, 0.3) is 0 Å². The number of benzene rings is 13. The molecule has 0 unspecified atom stereocenters. The summed E-state index contributed by atoms with van der Waals surface area (Å²) in [6.07, 6.45) is 0. The largest absolute Gasteiger partial charge is 0.307 e. The number of fused-ring (bicyclic) bond motifs is 16. The SMILES string of the molecule is Cc1c(-n2c3ccc(C(C)(C)C)cc3c3cc(C(C)(C)C)ccc32)c(-n2c3ccc(-c4ccccc4)cc3n3c4cc(-c5ccccc5)ccc4nc23)cc(-n2c3ccc(C(C)(C)C)cc3c3cc(C(C)(C)C)ccc32)c1-n1c2ccc(-c3ccccc3)cc2n2c3cc(-c4ccccc4)ccc3nc12. The third-order valence-electron chi connectivity index (χ3n) is 22.4. The van der Waals surface area contributed by atoms with E-state index >= 15 is 0 Å². The average molecular weight is 1360 g/mol. The van der Waals surface area contributed by atoms with Crippen LogP contribution in [0.15, 0.2) is 273 Å². The van der Waals surface area contributed by atoms with E-state index in [2.05, 4.69) is 390 Å². The van der Waals surface area contributed by atoms with Gasteiger partial charge in [0.15, 0.2) is 0 Å². The van der Waals surface area contributed by atoms with Crippen LogP contribution in [0.25, 0.3) is 167 Å². The van der Waals surface area contributed by atoms with Crippen molar-refractivity contribution in [3.63, 3.8) is 0 Å². The molecule has 8 heteroatoms. The van der Waals surface area contributed by atoms with Crippen LogP contribution >= 0.6 is 0 Å². The summed E-state index contributed by atoms with van der Waals surface area (Å²) in [5.41, 5.74) is 31.2. The lowest BCUT2D eigenvalue weighted by atomic mass is 9.85. The van der Waals surface area contributed by atoms with E-state index in [1.54, 1.807) is 0 Å². The second kappa shape index (κ2) is 23.0. The molecule has 0 amide bonds. The molecule has 0 saturated heterocycles. The standard InChI is InChI=1S/C97H84N8/c1-59-90(101-80-48-40-70(96(8,9)10)56-74(80)75-57-71(97(11,12)13)41-49-81(75)101)89(102-82-44-36-66(62-30-22-16-23-31-62)52-86(82)103-84-50-64(60-26-18-14-19-27-60)34-42-76(84)98-92(102)103)58-88(100-78-46-38-68(94(2,3)4)54-72(78)73-55-69(95(5,6)7)39-47-79(73)100)91(59)105-83-45-37-67(63-32-24-17-25-33-63)53-87(83)104-85-51-65(61-28-20-15-21-29-61)35-43-77(85)99-93(104)105/h14-58H,1-13H3. The number of nitrogens with zero attached hydrogens (tertiary/aromatic N) is 8. The van der Waals surface area contributed by atoms with Crippen molar-refractivity contribution in [3.05, 3.63) is 301 Å². The third-order valence-corrected chi connectivity index (χ3v) is 22.4. The Kier molecular flexibility index (Phi) is 14.0. The van der Waals surface area contributed by atoms with Gasteiger partial charge in [0.05, 0.1) is 88.9 Å². The van der Waals surface area contributed by atoms with E-state index in [0.717, 1.165) is 151 Å². The van der Waals surface area contributed by atoms with Crippen LogP contribution in [0.3, 0.4) is 0 Å². The van der Waals surface area contributed by atoms with Crippen LogP contribution in [0, 0.1) is 6.92 Å². The first-order valence-corrected chi connectivity index (χ1v) is 37.0. The van der Waals surface area contributed by atoms with Crippen molar-refractivity contribution in [2.24, 2.45) is 0 Å². The fourth-order valence-corrected chi connectivity index (χ4v) is 16.7. The number of hydrogen-bond donors (Lipinski definition) is 0. The van der Waals surface area contributed by atoms with E-state index in [-0.39, 0.29) is 21.7 Å². The zero-order valence-corrected chi connectivity index (χ0v) is 62.1. The summed E-state index contributed by atoms with van der Waals surface area (Å²) in [4.78, 5) is 11.8. The average Bonchev–Trinajstić information content (AvgIpc) is 1.53. The van der Waals surface area contributed by atoms with Gasteiger partial charge >= 0.3 is 0 Å². The zero-order chi connectivity index (χ0) is 71.9. The van der Waals surface area contributed by atoms with Crippen LogP contribution in [0.5, 0.6) is 0 Å². The molecule has 105 heavy (non-hydrogen) atoms. The maximum absolute atomic E-state index is 5.92. The minimum atomic E-state index is -0.127. The van der Waals surface area contributed by atoms with Crippen molar-refractivity contribution in [2.45, 2.75) is 112 Å². The highest BCUT2D eigenvalue weighted by Gasteiger charge is 2.33. The van der Waals surface area contributed by atoms with E-state index in [1.807, 2.05) is 0 Å². The molecule has 0 aliphatic carbocycles. The Morgan fingerprint density at radius 3 is 0.867 bits per heavy atom. The molecule has 0 aliphatic heterocycles. The van der Waals surface area contributed by atoms with Gasteiger partial charge in [0.2, 0.25) is 11.6 Å². The first-order chi connectivity index (χ1) is 50.5. The van der Waals surface area contributed by atoms with Gasteiger partial charge in [-0.3, -0.25) is 17.9 Å². The Morgan fingerprint density at radius 1 is 0.229 bits per heavy atom. The lowest BCUT2D eigenvalue weighted by Gasteiger charge is -2.26. The van der Waals surface area contributed by atoms with Gasteiger partial charge in [0.1, 0.15) is 0 Å². The lowest BCUT2D eigenvalue weighted by molar-refractivity contribution is 0.590. The molecule has 13 aromatic carbocycles. The molecule has 19 aromatic rings. The molecule has 6 aromatic heterocycles. The van der Waals surface area contributed by atoms with Gasteiger partial charge in [-0.15, -0.1) is 0 Å². The molecule has 0 spiro atoms. The van der Waals surface area contributed by atoms with Crippen LogP contribution in [-0.2, 0) is 21.7 Å². The molecule has 8 nitrogen and oxygen atoms in total. The molecule has 0 bridgehead atoms. The second-order valence-corrected chi connectivity index (χ2v) is 33.3. The smallest absolute Gasteiger partial charge is 0.220 e. The van der Waals surface area contributed by atoms with E-state index in [0.29, 0.717) is 0 Å². The van der Waals surface area contributed by atoms with Gasteiger partial charge in [-0.2, -0.15) is 0 Å². The monoisotopic (exact) mass is 1360 g/mol. The molecule has 6 heterocycles. The van der Waals surface area contributed by atoms with Crippen molar-refractivity contribution in [3.8, 4) is 67.3 Å². The van der Waals surface area contributed by atoms with Crippen LogP contribution in [0.4, 0.5) is 0 Å². The maximum atomic E-state index is 5.92. The number of rotatable bonds is 8. The molecule has 0 atom stereocenters. The predicted molar refractivity (Wildman–Crippen MR) is 443 cm³/mol. The Hall–Kier alpha value is -12.0. The van der Waals surface area contributed by atoms with Gasteiger partial charge in [0, 0.05) is 27.1 Å². The molecule has 0 N–H and O–H groups in total. The Morgan fingerprint density at radius 2 is 0.514 bits per heavy atom. The topological polar surface area (TPSA) is 54.3 Å². The van der Waals surface area contributed by atoms with Crippen LogP contribution in [0.2, 0.25) is 0 Å². The Bertz CT molecular complexity index is 6630. The minimum Gasteiger partial charge on any atom is -0.307 e. The molecule has 512 valence electrons. The first kappa shape index (κ1) is 63.9. The van der Waals surface area contributed by atoms with Crippen molar-refractivity contribution in [1.29, 1.82) is 0 Å². The molecule has 0 saturated carbocycles. The van der Waals surface area contributed by atoms with Crippen molar-refractivity contribution >= 4 is 99.3 Å². The summed E-state index contributed by atoms with van der Waals surface area (Å²) >= 11 is 0. The van der Waals surface area contributed by atoms with E-state index in [4.69, 9.17) is 9.97 Å². The second-order valence-electron chi connectivity index (χ2n) is 33.3. The van der Waals surface area contributed by atoms with Crippen molar-refractivity contribution in [2.75, 3.05) is 0 Å². The highest BCUT2D eigenvalue weighted by atomic mass is 15.2. The number of aromatic nitrogens is 8. The number of hydrogen-bond acceptors (Lipinski definition) is 2. The van der Waals surface area contributed by atoms with Gasteiger partial charge in [-0.1, -0.05) is 253 Å². The fraction of sp³-hybridized carbons (Fsp3) is 0.175. The summed E-state index contributed by atoms with van der Waals surface area (Å²) in [5, 5.41) is 4.82. The molecule has 0 fully saturated rings. The predicted octanol–water partition coefficient (Wildman–Crippen LogP) is 25.5. The Labute approximate surface area is 612 Å². The van der Waals surface area contributed by atoms with E-state index in [9.17, 15) is 0 Å².